The van der Waals surface area contributed by atoms with Crippen LogP contribution in [0.4, 0.5) is 0 Å². The number of fused-ring (bicyclic) bond motifs is 1. The number of nitrogens with two attached hydrogens (primary N) is 1. The maximum atomic E-state index is 12.4. The number of rotatable bonds is 2. The lowest BCUT2D eigenvalue weighted by Gasteiger charge is -2.48. The Morgan fingerprint density at radius 3 is 2.39 bits per heavy atom. The van der Waals surface area contributed by atoms with E-state index in [1.165, 1.54) is 11.1 Å². The molecule has 1 saturated heterocycles. The van der Waals surface area contributed by atoms with Crippen LogP contribution >= 0.6 is 0 Å². The molecule has 0 bridgehead atoms. The van der Waals surface area contributed by atoms with Gasteiger partial charge in [-0.1, -0.05) is 31.2 Å². The Bertz CT molecular complexity index is 452. The van der Waals surface area contributed by atoms with Crippen LogP contribution in [0.1, 0.15) is 24.5 Å². The molecule has 0 saturated carbocycles. The van der Waals surface area contributed by atoms with Crippen LogP contribution in [-0.4, -0.2) is 29.4 Å². The summed E-state index contributed by atoms with van der Waals surface area (Å²) in [5, 5.41) is 0. The van der Waals surface area contributed by atoms with E-state index in [0.717, 1.165) is 32.4 Å². The monoisotopic (exact) mass is 244 g/mol. The van der Waals surface area contributed by atoms with E-state index >= 15 is 0 Å². The van der Waals surface area contributed by atoms with E-state index in [0.29, 0.717) is 5.91 Å². The van der Waals surface area contributed by atoms with Crippen LogP contribution in [0.5, 0.6) is 0 Å². The van der Waals surface area contributed by atoms with Crippen LogP contribution in [-0.2, 0) is 17.6 Å². The zero-order valence-corrected chi connectivity index (χ0v) is 10.9. The number of amides is 1. The van der Waals surface area contributed by atoms with Gasteiger partial charge < -0.3 is 10.6 Å². The Labute approximate surface area is 108 Å². The predicted octanol–water partition coefficient (Wildman–Crippen LogP) is 1.35. The lowest BCUT2D eigenvalue weighted by atomic mass is 9.87. The second-order valence-corrected chi connectivity index (χ2v) is 5.78. The van der Waals surface area contributed by atoms with Crippen LogP contribution < -0.4 is 5.73 Å². The van der Waals surface area contributed by atoms with E-state index in [1.807, 2.05) is 4.90 Å². The zero-order chi connectivity index (χ0) is 12.8. The summed E-state index contributed by atoms with van der Waals surface area (Å²) >= 11 is 0. The first kappa shape index (κ1) is 11.7. The van der Waals surface area contributed by atoms with Crippen molar-refractivity contribution in [2.45, 2.75) is 31.7 Å². The molecular weight excluding hydrogens is 224 g/mol. The van der Waals surface area contributed by atoms with Gasteiger partial charge in [-0.05, 0) is 30.4 Å². The first-order valence-corrected chi connectivity index (χ1v) is 6.76. The van der Waals surface area contributed by atoms with Crippen LogP contribution in [0, 0.1) is 5.92 Å². The Morgan fingerprint density at radius 1 is 1.33 bits per heavy atom. The molecule has 96 valence electrons. The Kier molecular flexibility index (Phi) is 2.67. The summed E-state index contributed by atoms with van der Waals surface area (Å²) in [6.07, 6.45) is 2.74. The summed E-state index contributed by atoms with van der Waals surface area (Å²) in [7, 11) is 0. The van der Waals surface area contributed by atoms with Crippen LogP contribution in [0.25, 0.3) is 0 Å². The lowest BCUT2D eigenvalue weighted by molar-refractivity contribution is -0.142. The van der Waals surface area contributed by atoms with E-state index in [2.05, 4.69) is 31.2 Å². The van der Waals surface area contributed by atoms with Crippen molar-refractivity contribution in [3.8, 4) is 0 Å². The summed E-state index contributed by atoms with van der Waals surface area (Å²) in [4.78, 5) is 14.3. The number of hydrogen-bond donors (Lipinski definition) is 1. The van der Waals surface area contributed by atoms with Crippen LogP contribution in [0.3, 0.4) is 0 Å². The van der Waals surface area contributed by atoms with E-state index in [1.54, 1.807) is 0 Å². The SMILES string of the molecule is CCC1(N)CN(C(=O)C2Cc3ccccc3C2)C1. The molecular formula is C15H20N2O. The molecule has 3 heteroatoms. The molecule has 3 nitrogen and oxygen atoms in total. The van der Waals surface area contributed by atoms with Gasteiger partial charge in [0.15, 0.2) is 0 Å². The van der Waals surface area contributed by atoms with Gasteiger partial charge in [0, 0.05) is 19.0 Å². The molecule has 1 heterocycles. The highest BCUT2D eigenvalue weighted by atomic mass is 16.2. The highest BCUT2D eigenvalue weighted by molar-refractivity contribution is 5.81. The molecule has 3 rings (SSSR count). The van der Waals surface area contributed by atoms with Crippen molar-refractivity contribution in [1.82, 2.24) is 4.90 Å². The standard InChI is InChI=1S/C15H20N2O/c1-2-15(16)9-17(10-15)14(18)13-7-11-5-3-4-6-12(11)8-13/h3-6,13H,2,7-10,16H2,1H3. The van der Waals surface area contributed by atoms with Gasteiger partial charge in [0.25, 0.3) is 0 Å². The Balaban J connectivity index is 1.64. The molecule has 1 fully saturated rings. The normalized spacial score (nSPS) is 21.6. The van der Waals surface area contributed by atoms with Gasteiger partial charge in [0.05, 0.1) is 5.54 Å². The lowest BCUT2D eigenvalue weighted by Crippen LogP contribution is -2.69. The molecule has 1 aliphatic heterocycles. The molecule has 1 aromatic rings. The molecule has 0 atom stereocenters. The molecule has 0 unspecified atom stereocenters. The maximum absolute atomic E-state index is 12.4. The summed E-state index contributed by atoms with van der Waals surface area (Å²) < 4.78 is 0. The minimum atomic E-state index is -0.124. The van der Waals surface area contributed by atoms with Crippen molar-refractivity contribution in [3.05, 3.63) is 35.4 Å². The van der Waals surface area contributed by atoms with Crippen LogP contribution in [0.15, 0.2) is 24.3 Å². The van der Waals surface area contributed by atoms with Crippen molar-refractivity contribution in [1.29, 1.82) is 0 Å². The smallest absolute Gasteiger partial charge is 0.226 e. The predicted molar refractivity (Wildman–Crippen MR) is 71.1 cm³/mol. The molecule has 2 aliphatic rings. The molecule has 0 aromatic heterocycles. The molecule has 0 spiro atoms. The molecule has 1 amide bonds. The third kappa shape index (κ3) is 1.83. The minimum absolute atomic E-state index is 0.124. The fraction of sp³-hybridized carbons (Fsp3) is 0.533. The largest absolute Gasteiger partial charge is 0.339 e. The van der Waals surface area contributed by atoms with Gasteiger partial charge >= 0.3 is 0 Å². The Morgan fingerprint density at radius 2 is 1.89 bits per heavy atom. The topological polar surface area (TPSA) is 46.3 Å². The summed E-state index contributed by atoms with van der Waals surface area (Å²) in [6.45, 7) is 3.55. The van der Waals surface area contributed by atoms with Gasteiger partial charge in [0.1, 0.15) is 0 Å². The fourth-order valence-corrected chi connectivity index (χ4v) is 3.09. The van der Waals surface area contributed by atoms with E-state index in [-0.39, 0.29) is 11.5 Å². The fourth-order valence-electron chi connectivity index (χ4n) is 3.09. The second kappa shape index (κ2) is 4.09. The number of carbonyl (C=O) groups is 1. The van der Waals surface area contributed by atoms with Crippen molar-refractivity contribution < 1.29 is 4.79 Å². The number of benzene rings is 1. The maximum Gasteiger partial charge on any atom is 0.226 e. The van der Waals surface area contributed by atoms with E-state index < -0.39 is 0 Å². The van der Waals surface area contributed by atoms with Crippen molar-refractivity contribution in [2.75, 3.05) is 13.1 Å². The average molecular weight is 244 g/mol. The molecule has 2 N–H and O–H groups in total. The Hall–Kier alpha value is -1.35. The molecule has 0 radical (unpaired) electrons. The summed E-state index contributed by atoms with van der Waals surface area (Å²) in [6, 6.07) is 8.38. The number of likely N-dealkylation sites (tertiary alicyclic amines) is 1. The first-order valence-electron chi connectivity index (χ1n) is 6.76. The summed E-state index contributed by atoms with van der Waals surface area (Å²) in [5.74, 6) is 0.435. The molecule has 1 aliphatic carbocycles. The highest BCUT2D eigenvalue weighted by Crippen LogP contribution is 2.31. The average Bonchev–Trinajstić information content (AvgIpc) is 2.77. The van der Waals surface area contributed by atoms with Crippen molar-refractivity contribution in [3.63, 3.8) is 0 Å². The highest BCUT2D eigenvalue weighted by Gasteiger charge is 2.43. The molecule has 1 aromatic carbocycles. The van der Waals surface area contributed by atoms with Gasteiger partial charge in [0.2, 0.25) is 5.91 Å². The third-order valence-corrected chi connectivity index (χ3v) is 4.43. The zero-order valence-electron chi connectivity index (χ0n) is 10.9. The quantitative estimate of drug-likeness (QED) is 0.853. The first-order chi connectivity index (χ1) is 8.61. The van der Waals surface area contributed by atoms with E-state index in [4.69, 9.17) is 5.73 Å². The molecule has 18 heavy (non-hydrogen) atoms. The van der Waals surface area contributed by atoms with Gasteiger partial charge in [-0.25, -0.2) is 0 Å². The number of nitrogens with zero attached hydrogens (tertiary/aromatic N) is 1. The van der Waals surface area contributed by atoms with E-state index in [9.17, 15) is 4.79 Å². The van der Waals surface area contributed by atoms with Gasteiger partial charge in [-0.2, -0.15) is 0 Å². The summed E-state index contributed by atoms with van der Waals surface area (Å²) in [5.41, 5.74) is 8.67. The second-order valence-electron chi connectivity index (χ2n) is 5.78. The minimum Gasteiger partial charge on any atom is -0.339 e. The van der Waals surface area contributed by atoms with Crippen LogP contribution in [0.2, 0.25) is 0 Å². The van der Waals surface area contributed by atoms with Gasteiger partial charge in [-0.15, -0.1) is 0 Å². The van der Waals surface area contributed by atoms with Gasteiger partial charge in [-0.3, -0.25) is 4.79 Å². The van der Waals surface area contributed by atoms with Crippen molar-refractivity contribution >= 4 is 5.91 Å². The number of carbonyl (C=O) groups excluding carboxylic acids is 1. The third-order valence-electron chi connectivity index (χ3n) is 4.43. The van der Waals surface area contributed by atoms with Crippen molar-refractivity contribution in [2.24, 2.45) is 11.7 Å². The number of hydrogen-bond acceptors (Lipinski definition) is 2.